The molecule has 0 amide bonds. The van der Waals surface area contributed by atoms with Gasteiger partial charge < -0.3 is 14.2 Å². The van der Waals surface area contributed by atoms with Gasteiger partial charge in [0.05, 0.1) is 17.6 Å². The van der Waals surface area contributed by atoms with Crippen LogP contribution in [0.2, 0.25) is 0 Å². The Hall–Kier alpha value is -8.92. The Morgan fingerprint density at radius 1 is 0.487 bits per heavy atom. The summed E-state index contributed by atoms with van der Waals surface area (Å²) in [5.41, 5.74) is 21.6. The van der Waals surface area contributed by atoms with Gasteiger partial charge in [-0.1, -0.05) is 218 Å². The van der Waals surface area contributed by atoms with Crippen LogP contribution in [0.15, 0.2) is 250 Å². The van der Waals surface area contributed by atoms with Crippen molar-refractivity contribution in [3.63, 3.8) is 0 Å². The third-order valence-electron chi connectivity index (χ3n) is 16.8. The predicted octanol–water partition coefficient (Wildman–Crippen LogP) is 21.0. The summed E-state index contributed by atoms with van der Waals surface area (Å²) >= 11 is 0. The van der Waals surface area contributed by atoms with E-state index in [9.17, 15) is 0 Å². The van der Waals surface area contributed by atoms with Gasteiger partial charge in [0.25, 0.3) is 0 Å². The van der Waals surface area contributed by atoms with Crippen LogP contribution in [0.4, 0.5) is 17.1 Å². The van der Waals surface area contributed by atoms with Crippen molar-refractivity contribution in [1.82, 2.24) is 4.57 Å². The van der Waals surface area contributed by atoms with Crippen molar-refractivity contribution in [3.05, 3.63) is 283 Å². The zero-order valence-electron chi connectivity index (χ0n) is 46.9. The molecule has 10 aromatic carbocycles. The van der Waals surface area contributed by atoms with Crippen LogP contribution in [-0.4, -0.2) is 11.2 Å². The molecule has 394 valence electrons. The summed E-state index contributed by atoms with van der Waals surface area (Å²) < 4.78 is 8.69. The van der Waals surface area contributed by atoms with Crippen molar-refractivity contribution in [2.75, 3.05) is 11.5 Å². The summed E-state index contributed by atoms with van der Waals surface area (Å²) in [7, 11) is 0. The Bertz CT molecular complexity index is 3990. The van der Waals surface area contributed by atoms with Crippen molar-refractivity contribution in [1.29, 1.82) is 0 Å². The van der Waals surface area contributed by atoms with Gasteiger partial charge in [-0.3, -0.25) is 0 Å². The molecular weight excluding hydrogens is 969 g/mol. The largest absolute Gasteiger partial charge is 0.493 e. The lowest BCUT2D eigenvalue weighted by atomic mass is 9.67. The molecule has 0 saturated heterocycles. The lowest BCUT2D eigenvalue weighted by Crippen LogP contribution is -2.30. The minimum absolute atomic E-state index is 0.0893. The van der Waals surface area contributed by atoms with Gasteiger partial charge in [0, 0.05) is 38.9 Å². The molecule has 0 aliphatic heterocycles. The van der Waals surface area contributed by atoms with Gasteiger partial charge in [-0.15, -0.1) is 0 Å². The summed E-state index contributed by atoms with van der Waals surface area (Å²) in [6, 6.07) is 87.6. The van der Waals surface area contributed by atoms with Crippen LogP contribution in [-0.2, 0) is 10.8 Å². The number of ether oxygens (including phenoxy) is 1. The molecule has 12 rings (SSSR count). The maximum absolute atomic E-state index is 6.29. The predicted molar refractivity (Wildman–Crippen MR) is 341 cm³/mol. The summed E-state index contributed by atoms with van der Waals surface area (Å²) in [6.45, 7) is 20.2. The molecule has 0 bridgehead atoms. The van der Waals surface area contributed by atoms with Gasteiger partial charge in [0.1, 0.15) is 5.75 Å². The van der Waals surface area contributed by atoms with E-state index in [1.165, 1.54) is 77.4 Å². The van der Waals surface area contributed by atoms with Crippen LogP contribution in [0.25, 0.3) is 73.0 Å². The van der Waals surface area contributed by atoms with Gasteiger partial charge in [-0.2, -0.15) is 0 Å². The highest BCUT2D eigenvalue weighted by molar-refractivity contribution is 6.11. The zero-order chi connectivity index (χ0) is 55.0. The van der Waals surface area contributed by atoms with Crippen molar-refractivity contribution < 1.29 is 4.74 Å². The molecule has 0 saturated carbocycles. The lowest BCUT2D eigenvalue weighted by molar-refractivity contribution is 0.240. The van der Waals surface area contributed by atoms with Gasteiger partial charge in [-0.05, 0) is 182 Å². The second kappa shape index (κ2) is 21.7. The van der Waals surface area contributed by atoms with E-state index < -0.39 is 0 Å². The molecule has 1 aliphatic carbocycles. The van der Waals surface area contributed by atoms with Crippen LogP contribution in [0.3, 0.4) is 0 Å². The van der Waals surface area contributed by atoms with Gasteiger partial charge in [0.2, 0.25) is 0 Å². The molecule has 80 heavy (non-hydrogen) atoms. The van der Waals surface area contributed by atoms with Crippen LogP contribution < -0.4 is 9.64 Å². The molecule has 0 fully saturated rings. The van der Waals surface area contributed by atoms with Crippen LogP contribution >= 0.6 is 0 Å². The zero-order valence-corrected chi connectivity index (χ0v) is 46.9. The van der Waals surface area contributed by atoms with E-state index in [0.29, 0.717) is 18.4 Å². The second-order valence-electron chi connectivity index (χ2n) is 23.3. The monoisotopic (exact) mass is 1040 g/mol. The number of anilines is 3. The summed E-state index contributed by atoms with van der Waals surface area (Å²) in [5.74, 6) is 1.75. The first-order chi connectivity index (χ1) is 39.0. The van der Waals surface area contributed by atoms with E-state index >= 15 is 0 Å². The molecule has 1 heterocycles. The lowest BCUT2D eigenvalue weighted by Gasteiger charge is -2.36. The van der Waals surface area contributed by atoms with Crippen molar-refractivity contribution >= 4 is 51.0 Å². The molecule has 0 N–H and O–H groups in total. The second-order valence-corrected chi connectivity index (χ2v) is 23.3. The molecule has 3 unspecified atom stereocenters. The summed E-state index contributed by atoms with van der Waals surface area (Å²) in [5, 5.41) is 2.45. The number of hydrogen-bond donors (Lipinski definition) is 0. The molecular formula is C77H70N2O. The maximum Gasteiger partial charge on any atom is 0.119 e. The molecule has 0 radical (unpaired) electrons. The van der Waals surface area contributed by atoms with Crippen LogP contribution in [0.5, 0.6) is 5.75 Å². The number of nitrogens with zero attached hydrogens (tertiary/aromatic N) is 2. The van der Waals surface area contributed by atoms with Crippen LogP contribution in [0, 0.1) is 11.8 Å². The first-order valence-corrected chi connectivity index (χ1v) is 28.5. The Morgan fingerprint density at radius 2 is 1.00 bits per heavy atom. The molecule has 3 heteroatoms. The third kappa shape index (κ3) is 9.87. The topological polar surface area (TPSA) is 17.4 Å². The molecule has 1 aliphatic rings. The molecule has 1 aromatic heterocycles. The Morgan fingerprint density at radius 3 is 1.61 bits per heavy atom. The third-order valence-corrected chi connectivity index (χ3v) is 16.8. The van der Waals surface area contributed by atoms with E-state index in [-0.39, 0.29) is 10.8 Å². The average Bonchev–Trinajstić information content (AvgIpc) is 4.01. The number of aromatic nitrogens is 1. The van der Waals surface area contributed by atoms with Crippen molar-refractivity contribution in [3.8, 4) is 44.8 Å². The smallest absolute Gasteiger partial charge is 0.119 e. The fourth-order valence-electron chi connectivity index (χ4n) is 12.5. The van der Waals surface area contributed by atoms with Crippen molar-refractivity contribution in [2.45, 2.75) is 64.7 Å². The molecule has 3 atom stereocenters. The SMILES string of the molecule is C=Cc1ccc(OCC(C)CCC(C)CC2(c3ccccc3)c3ccccc3-c3ccc(N(c4ccccc4)c4ccc(-c5ccc6c(c5)c5cc(-c7ccc(C(C)(C)C)cc7)ccc5n6-c5ccc(C=C)cc5)cc4)cc32)cc1. The minimum atomic E-state index is -0.351. The Labute approximate surface area is 473 Å². The molecule has 3 nitrogen and oxygen atoms in total. The first kappa shape index (κ1) is 51.8. The van der Waals surface area contributed by atoms with E-state index in [1.807, 2.05) is 24.3 Å². The van der Waals surface area contributed by atoms with E-state index in [2.05, 4.69) is 282 Å². The summed E-state index contributed by atoms with van der Waals surface area (Å²) in [6.07, 6.45) is 6.93. The fraction of sp³-hybridized carbons (Fsp3) is 0.169. The number of fused-ring (bicyclic) bond motifs is 6. The quantitative estimate of drug-likeness (QED) is 0.0904. The molecule has 0 spiro atoms. The standard InChI is InChI=1S/C77H70N2O/c1-8-55-26-38-65(39-27-55)79-74-46-34-59(57-30-36-61(37-31-57)76(5,6)7)48-70(74)71-49-60(35-47-75(71)79)58-32-40-64(41-33-58)78(63-20-14-11-15-21-63)66-42-45-69-68-22-16-17-23-72(68)77(73(69)50-66,62-18-12-10-13-19-62)51-53(3)24-25-54(4)52-80-67-43-28-56(9-2)29-44-67/h8-23,26-50,53-54H,1-2,24-25,51-52H2,3-7H3. The number of benzene rings is 10. The number of hydrogen-bond acceptors (Lipinski definition) is 2. The minimum Gasteiger partial charge on any atom is -0.493 e. The first-order valence-electron chi connectivity index (χ1n) is 28.5. The number of para-hydroxylation sites is 1. The fourth-order valence-corrected chi connectivity index (χ4v) is 12.5. The maximum atomic E-state index is 6.29. The summed E-state index contributed by atoms with van der Waals surface area (Å²) in [4.78, 5) is 2.43. The van der Waals surface area contributed by atoms with Gasteiger partial charge in [-0.25, -0.2) is 0 Å². The van der Waals surface area contributed by atoms with Gasteiger partial charge >= 0.3 is 0 Å². The van der Waals surface area contributed by atoms with Crippen molar-refractivity contribution in [2.24, 2.45) is 11.8 Å². The van der Waals surface area contributed by atoms with Gasteiger partial charge in [0.15, 0.2) is 0 Å². The van der Waals surface area contributed by atoms with E-state index in [1.54, 1.807) is 0 Å². The Kier molecular flexibility index (Phi) is 14.1. The molecule has 11 aromatic rings. The van der Waals surface area contributed by atoms with E-state index in [0.717, 1.165) is 58.9 Å². The highest BCUT2D eigenvalue weighted by Gasteiger charge is 2.45. The van der Waals surface area contributed by atoms with E-state index in [4.69, 9.17) is 4.74 Å². The average molecular weight is 1040 g/mol. The number of rotatable bonds is 17. The normalized spacial score (nSPS) is 14.6. The highest BCUT2D eigenvalue weighted by Crippen LogP contribution is 2.57. The van der Waals surface area contributed by atoms with Crippen LogP contribution in [0.1, 0.15) is 87.3 Å². The Balaban J connectivity index is 0.902. The highest BCUT2D eigenvalue weighted by atomic mass is 16.5.